The summed E-state index contributed by atoms with van der Waals surface area (Å²) in [5.41, 5.74) is 3.00. The molecule has 0 aliphatic rings. The quantitative estimate of drug-likeness (QED) is 0.350. The van der Waals surface area contributed by atoms with Crippen molar-refractivity contribution in [2.75, 3.05) is 0 Å². The SMILES string of the molecule is Fc1ccc(-c2nnc(SCc3ccc(Br)cc3)n2-c2ccccc2)cc1. The van der Waals surface area contributed by atoms with E-state index in [0.29, 0.717) is 5.82 Å². The van der Waals surface area contributed by atoms with Gasteiger partial charge in [0.15, 0.2) is 11.0 Å². The number of aromatic nitrogens is 3. The van der Waals surface area contributed by atoms with Crippen LogP contribution in [0.15, 0.2) is 88.5 Å². The van der Waals surface area contributed by atoms with E-state index in [4.69, 9.17) is 0 Å². The maximum Gasteiger partial charge on any atom is 0.196 e. The highest BCUT2D eigenvalue weighted by Gasteiger charge is 2.16. The van der Waals surface area contributed by atoms with Crippen LogP contribution in [-0.4, -0.2) is 14.8 Å². The van der Waals surface area contributed by atoms with Gasteiger partial charge in [-0.25, -0.2) is 4.39 Å². The molecule has 1 heterocycles. The summed E-state index contributed by atoms with van der Waals surface area (Å²) in [7, 11) is 0. The molecule has 3 nitrogen and oxygen atoms in total. The summed E-state index contributed by atoms with van der Waals surface area (Å²) in [6.07, 6.45) is 0. The van der Waals surface area contributed by atoms with Crippen molar-refractivity contribution in [3.8, 4) is 17.1 Å². The van der Waals surface area contributed by atoms with Crippen molar-refractivity contribution in [1.29, 1.82) is 0 Å². The van der Waals surface area contributed by atoms with Gasteiger partial charge in [0.1, 0.15) is 5.82 Å². The Bertz CT molecular complexity index is 1030. The summed E-state index contributed by atoms with van der Waals surface area (Å²) >= 11 is 5.08. The molecule has 4 rings (SSSR count). The summed E-state index contributed by atoms with van der Waals surface area (Å²) in [6.45, 7) is 0. The second-order valence-corrected chi connectivity index (χ2v) is 7.76. The number of para-hydroxylation sites is 1. The molecule has 27 heavy (non-hydrogen) atoms. The lowest BCUT2D eigenvalue weighted by molar-refractivity contribution is 0.628. The molecule has 0 saturated carbocycles. The van der Waals surface area contributed by atoms with Gasteiger partial charge in [-0.3, -0.25) is 4.57 Å². The molecule has 0 atom stereocenters. The van der Waals surface area contributed by atoms with E-state index in [1.807, 2.05) is 47.0 Å². The molecule has 0 unspecified atom stereocenters. The molecule has 4 aromatic rings. The number of hydrogen-bond donors (Lipinski definition) is 0. The van der Waals surface area contributed by atoms with Gasteiger partial charge in [-0.05, 0) is 54.1 Å². The molecule has 0 radical (unpaired) electrons. The normalized spacial score (nSPS) is 10.9. The first-order valence-electron chi connectivity index (χ1n) is 8.35. The first-order valence-corrected chi connectivity index (χ1v) is 10.1. The average Bonchev–Trinajstić information content (AvgIpc) is 3.13. The zero-order valence-corrected chi connectivity index (χ0v) is 16.6. The number of halogens is 2. The Balaban J connectivity index is 1.71. The van der Waals surface area contributed by atoms with E-state index in [-0.39, 0.29) is 5.82 Å². The number of thioether (sulfide) groups is 1. The Morgan fingerprint density at radius 2 is 1.56 bits per heavy atom. The molecule has 0 spiro atoms. The molecule has 3 aromatic carbocycles. The maximum atomic E-state index is 13.3. The lowest BCUT2D eigenvalue weighted by Gasteiger charge is -2.10. The Labute approximate surface area is 169 Å². The second-order valence-electron chi connectivity index (χ2n) is 5.90. The van der Waals surface area contributed by atoms with Crippen molar-refractivity contribution in [3.05, 3.63) is 94.7 Å². The fraction of sp³-hybridized carbons (Fsp3) is 0.0476. The molecule has 0 fully saturated rings. The zero-order chi connectivity index (χ0) is 18.6. The standard InChI is InChI=1S/C21H15BrFN3S/c22-17-10-6-15(7-11-17)14-27-21-25-24-20(16-8-12-18(23)13-9-16)26(21)19-4-2-1-3-5-19/h1-13H,14H2. The third-order valence-corrected chi connectivity index (χ3v) is 5.56. The molecule has 0 aliphatic carbocycles. The second kappa shape index (κ2) is 8.06. The first kappa shape index (κ1) is 17.9. The number of rotatable bonds is 5. The van der Waals surface area contributed by atoms with Crippen molar-refractivity contribution < 1.29 is 4.39 Å². The van der Waals surface area contributed by atoms with E-state index in [2.05, 4.69) is 38.3 Å². The average molecular weight is 440 g/mol. The summed E-state index contributed by atoms with van der Waals surface area (Å²) in [6, 6.07) is 24.5. The number of nitrogens with zero attached hydrogens (tertiary/aromatic N) is 3. The van der Waals surface area contributed by atoms with Crippen LogP contribution in [0.1, 0.15) is 5.56 Å². The van der Waals surface area contributed by atoms with Gasteiger partial charge in [0.2, 0.25) is 0 Å². The van der Waals surface area contributed by atoms with Crippen LogP contribution in [0, 0.1) is 5.82 Å². The highest BCUT2D eigenvalue weighted by molar-refractivity contribution is 9.10. The maximum absolute atomic E-state index is 13.3. The number of hydrogen-bond acceptors (Lipinski definition) is 3. The van der Waals surface area contributed by atoms with E-state index in [1.165, 1.54) is 17.7 Å². The van der Waals surface area contributed by atoms with E-state index in [9.17, 15) is 4.39 Å². The minimum atomic E-state index is -0.269. The van der Waals surface area contributed by atoms with Crippen LogP contribution in [0.5, 0.6) is 0 Å². The molecular formula is C21H15BrFN3S. The molecule has 0 amide bonds. The van der Waals surface area contributed by atoms with Crippen molar-refractivity contribution in [2.45, 2.75) is 10.9 Å². The molecule has 6 heteroatoms. The predicted octanol–water partition coefficient (Wildman–Crippen LogP) is 6.13. The largest absolute Gasteiger partial charge is 0.270 e. The van der Waals surface area contributed by atoms with Gasteiger partial charge in [0, 0.05) is 21.5 Å². The first-order chi connectivity index (χ1) is 13.2. The molecule has 0 aliphatic heterocycles. The molecule has 1 aromatic heterocycles. The van der Waals surface area contributed by atoms with Crippen LogP contribution >= 0.6 is 27.7 Å². The lowest BCUT2D eigenvalue weighted by Crippen LogP contribution is -1.99. The van der Waals surface area contributed by atoms with E-state index < -0.39 is 0 Å². The summed E-state index contributed by atoms with van der Waals surface area (Å²) in [4.78, 5) is 0. The van der Waals surface area contributed by atoms with Crippen molar-refractivity contribution in [2.24, 2.45) is 0 Å². The van der Waals surface area contributed by atoms with Crippen molar-refractivity contribution in [1.82, 2.24) is 14.8 Å². The highest BCUT2D eigenvalue weighted by atomic mass is 79.9. The summed E-state index contributed by atoms with van der Waals surface area (Å²) < 4.78 is 16.4. The van der Waals surface area contributed by atoms with Gasteiger partial charge in [-0.1, -0.05) is 58.0 Å². The molecule has 0 N–H and O–H groups in total. The fourth-order valence-electron chi connectivity index (χ4n) is 2.69. The summed E-state index contributed by atoms with van der Waals surface area (Å²) in [5, 5.41) is 9.57. The monoisotopic (exact) mass is 439 g/mol. The van der Waals surface area contributed by atoms with Gasteiger partial charge in [-0.2, -0.15) is 0 Å². The zero-order valence-electron chi connectivity index (χ0n) is 14.2. The summed E-state index contributed by atoms with van der Waals surface area (Å²) in [5.74, 6) is 1.20. The minimum Gasteiger partial charge on any atom is -0.270 e. The molecule has 134 valence electrons. The van der Waals surface area contributed by atoms with E-state index >= 15 is 0 Å². The Morgan fingerprint density at radius 3 is 2.26 bits per heavy atom. The topological polar surface area (TPSA) is 30.7 Å². The Kier molecular flexibility index (Phi) is 5.36. The third-order valence-electron chi connectivity index (χ3n) is 4.03. The van der Waals surface area contributed by atoms with Crippen molar-refractivity contribution in [3.63, 3.8) is 0 Å². The predicted molar refractivity (Wildman–Crippen MR) is 110 cm³/mol. The third kappa shape index (κ3) is 4.12. The van der Waals surface area contributed by atoms with Gasteiger partial charge in [0.05, 0.1) is 0 Å². The Morgan fingerprint density at radius 1 is 0.852 bits per heavy atom. The smallest absolute Gasteiger partial charge is 0.196 e. The number of benzene rings is 3. The van der Waals surface area contributed by atoms with Crippen LogP contribution in [-0.2, 0) is 5.75 Å². The van der Waals surface area contributed by atoms with Crippen LogP contribution in [0.25, 0.3) is 17.1 Å². The van der Waals surface area contributed by atoms with E-state index in [0.717, 1.165) is 26.6 Å². The fourth-order valence-corrected chi connectivity index (χ4v) is 3.86. The van der Waals surface area contributed by atoms with Gasteiger partial charge >= 0.3 is 0 Å². The van der Waals surface area contributed by atoms with Gasteiger partial charge in [-0.15, -0.1) is 10.2 Å². The van der Waals surface area contributed by atoms with Crippen LogP contribution in [0.3, 0.4) is 0 Å². The van der Waals surface area contributed by atoms with Crippen LogP contribution < -0.4 is 0 Å². The van der Waals surface area contributed by atoms with Crippen LogP contribution in [0.2, 0.25) is 0 Å². The van der Waals surface area contributed by atoms with E-state index in [1.54, 1.807) is 23.9 Å². The molecular weight excluding hydrogens is 425 g/mol. The lowest BCUT2D eigenvalue weighted by atomic mass is 10.2. The molecule has 0 saturated heterocycles. The minimum absolute atomic E-state index is 0.269. The Hall–Kier alpha value is -2.44. The van der Waals surface area contributed by atoms with Crippen molar-refractivity contribution >= 4 is 27.7 Å². The van der Waals surface area contributed by atoms with Gasteiger partial charge < -0.3 is 0 Å². The highest BCUT2D eigenvalue weighted by Crippen LogP contribution is 2.30. The molecule has 0 bridgehead atoms. The van der Waals surface area contributed by atoms with Crippen LogP contribution in [0.4, 0.5) is 4.39 Å². The van der Waals surface area contributed by atoms with Gasteiger partial charge in [0.25, 0.3) is 0 Å².